The molecular weight excluding hydrogens is 274 g/mol. The highest BCUT2D eigenvalue weighted by Crippen LogP contribution is 2.29. The Morgan fingerprint density at radius 2 is 1.64 bits per heavy atom. The SMILES string of the molecule is CN(C)c1ccc(-c2ccc3ccc4ncnc4c3o2)cc1. The fourth-order valence-electron chi connectivity index (χ4n) is 2.58. The van der Waals surface area contributed by atoms with Gasteiger partial charge in [-0.1, -0.05) is 0 Å². The molecule has 4 rings (SSSR count). The molecule has 2 aromatic heterocycles. The average molecular weight is 289 g/mol. The van der Waals surface area contributed by atoms with Gasteiger partial charge in [0, 0.05) is 30.7 Å². The molecule has 0 saturated carbocycles. The zero-order valence-electron chi connectivity index (χ0n) is 12.4. The molecule has 0 fully saturated rings. The number of rotatable bonds is 2. The maximum atomic E-state index is 6.10. The van der Waals surface area contributed by atoms with Crippen LogP contribution in [0.3, 0.4) is 0 Å². The van der Waals surface area contributed by atoms with Crippen molar-refractivity contribution in [3.63, 3.8) is 0 Å². The van der Waals surface area contributed by atoms with E-state index in [0.29, 0.717) is 0 Å². The van der Waals surface area contributed by atoms with Crippen LogP contribution in [-0.2, 0) is 0 Å². The van der Waals surface area contributed by atoms with Crippen molar-refractivity contribution in [2.75, 3.05) is 19.0 Å². The number of fused-ring (bicyclic) bond motifs is 3. The van der Waals surface area contributed by atoms with E-state index < -0.39 is 0 Å². The highest BCUT2D eigenvalue weighted by molar-refractivity contribution is 6.00. The van der Waals surface area contributed by atoms with Crippen LogP contribution >= 0.6 is 0 Å². The van der Waals surface area contributed by atoms with Gasteiger partial charge in [-0.05, 0) is 48.5 Å². The minimum atomic E-state index is 0.782. The van der Waals surface area contributed by atoms with Crippen LogP contribution in [-0.4, -0.2) is 24.1 Å². The van der Waals surface area contributed by atoms with Crippen molar-refractivity contribution in [1.82, 2.24) is 9.97 Å². The van der Waals surface area contributed by atoms with Crippen LogP contribution in [0.25, 0.3) is 33.3 Å². The topological polar surface area (TPSA) is 42.2 Å². The highest BCUT2D eigenvalue weighted by Gasteiger charge is 2.08. The zero-order valence-corrected chi connectivity index (χ0v) is 12.4. The summed E-state index contributed by atoms with van der Waals surface area (Å²) in [4.78, 5) is 10.6. The van der Waals surface area contributed by atoms with Crippen LogP contribution in [0.15, 0.2) is 59.3 Å². The summed E-state index contributed by atoms with van der Waals surface area (Å²) in [6.45, 7) is 0. The van der Waals surface area contributed by atoms with E-state index in [0.717, 1.165) is 39.0 Å². The van der Waals surface area contributed by atoms with E-state index in [2.05, 4.69) is 45.2 Å². The molecule has 0 bridgehead atoms. The van der Waals surface area contributed by atoms with Gasteiger partial charge in [0.2, 0.25) is 0 Å². The molecule has 4 nitrogen and oxygen atoms in total. The van der Waals surface area contributed by atoms with Gasteiger partial charge in [-0.2, -0.15) is 0 Å². The first-order valence-corrected chi connectivity index (χ1v) is 7.13. The number of nitrogens with zero attached hydrogens (tertiary/aromatic N) is 3. The van der Waals surface area contributed by atoms with Gasteiger partial charge < -0.3 is 9.32 Å². The van der Waals surface area contributed by atoms with E-state index in [1.165, 1.54) is 0 Å². The molecule has 4 aromatic rings. The van der Waals surface area contributed by atoms with Gasteiger partial charge in [0.05, 0.1) is 5.52 Å². The predicted molar refractivity (Wildman–Crippen MR) is 89.1 cm³/mol. The lowest BCUT2D eigenvalue weighted by atomic mass is 10.1. The quantitative estimate of drug-likeness (QED) is 0.557. The van der Waals surface area contributed by atoms with Gasteiger partial charge in [-0.15, -0.1) is 0 Å². The molecule has 0 aliphatic carbocycles. The second-order valence-corrected chi connectivity index (χ2v) is 5.47. The molecule has 0 amide bonds. The summed E-state index contributed by atoms with van der Waals surface area (Å²) in [5.41, 5.74) is 4.66. The lowest BCUT2D eigenvalue weighted by molar-refractivity contribution is 0.623. The molecule has 2 aromatic carbocycles. The average Bonchev–Trinajstić information content (AvgIpc) is 3.03. The molecule has 22 heavy (non-hydrogen) atoms. The van der Waals surface area contributed by atoms with Gasteiger partial charge in [-0.25, -0.2) is 9.97 Å². The molecule has 4 heteroatoms. The number of anilines is 1. The Labute approximate surface area is 128 Å². The maximum Gasteiger partial charge on any atom is 0.162 e. The van der Waals surface area contributed by atoms with Crippen LogP contribution < -0.4 is 4.90 Å². The molecular formula is C18H15N3O. The number of aromatic nitrogens is 2. The number of imidazole rings is 1. The molecule has 0 aliphatic heterocycles. The maximum absolute atomic E-state index is 6.10. The van der Waals surface area contributed by atoms with Gasteiger partial charge in [0.25, 0.3) is 0 Å². The third-order valence-electron chi connectivity index (χ3n) is 3.82. The monoisotopic (exact) mass is 289 g/mol. The van der Waals surface area contributed by atoms with Crippen molar-refractivity contribution in [2.24, 2.45) is 0 Å². The first-order chi connectivity index (χ1) is 10.7. The standard InChI is InChI=1S/C18H15N3O/c1-21(2)14-7-3-12(4-8-14)16-10-6-13-5-9-15-17(18(13)22-16)20-11-19-15/h3-11H,1-2H3. The lowest BCUT2D eigenvalue weighted by Gasteiger charge is -2.12. The second kappa shape index (κ2) is 4.84. The number of hydrogen-bond donors (Lipinski definition) is 0. The van der Waals surface area contributed by atoms with E-state index in [4.69, 9.17) is 4.42 Å². The van der Waals surface area contributed by atoms with Crippen molar-refractivity contribution in [2.45, 2.75) is 0 Å². The van der Waals surface area contributed by atoms with E-state index in [9.17, 15) is 0 Å². The molecule has 0 spiro atoms. The Balaban J connectivity index is 1.87. The molecule has 0 N–H and O–H groups in total. The molecule has 0 unspecified atom stereocenters. The fourth-order valence-corrected chi connectivity index (χ4v) is 2.58. The Morgan fingerprint density at radius 3 is 2.41 bits per heavy atom. The third kappa shape index (κ3) is 2.00. The van der Waals surface area contributed by atoms with E-state index in [1.54, 1.807) is 6.33 Å². The summed E-state index contributed by atoms with van der Waals surface area (Å²) in [6, 6.07) is 16.3. The Morgan fingerprint density at radius 1 is 0.864 bits per heavy atom. The summed E-state index contributed by atoms with van der Waals surface area (Å²) >= 11 is 0. The van der Waals surface area contributed by atoms with Gasteiger partial charge >= 0.3 is 0 Å². The van der Waals surface area contributed by atoms with E-state index >= 15 is 0 Å². The molecule has 108 valence electrons. The van der Waals surface area contributed by atoms with E-state index in [-0.39, 0.29) is 0 Å². The first kappa shape index (κ1) is 12.8. The Bertz CT molecular complexity index is 955. The van der Waals surface area contributed by atoms with Gasteiger partial charge in [0.1, 0.15) is 17.6 Å². The van der Waals surface area contributed by atoms with Crippen molar-refractivity contribution >= 4 is 27.7 Å². The summed E-state index contributed by atoms with van der Waals surface area (Å²) in [7, 11) is 4.06. The summed E-state index contributed by atoms with van der Waals surface area (Å²) in [5, 5.41) is 1.03. The van der Waals surface area contributed by atoms with Crippen LogP contribution in [0.5, 0.6) is 0 Å². The van der Waals surface area contributed by atoms with Gasteiger partial charge in [-0.3, -0.25) is 0 Å². The smallest absolute Gasteiger partial charge is 0.162 e. The molecule has 0 saturated heterocycles. The van der Waals surface area contributed by atoms with E-state index in [1.807, 2.05) is 32.3 Å². The molecule has 0 radical (unpaired) electrons. The van der Waals surface area contributed by atoms with Crippen LogP contribution in [0.2, 0.25) is 0 Å². The van der Waals surface area contributed by atoms with Crippen LogP contribution in [0, 0.1) is 0 Å². The van der Waals surface area contributed by atoms with Crippen molar-refractivity contribution in [1.29, 1.82) is 0 Å². The largest absolute Gasteiger partial charge is 0.454 e. The minimum absolute atomic E-state index is 0.782. The van der Waals surface area contributed by atoms with Crippen molar-refractivity contribution < 1.29 is 4.42 Å². The Kier molecular flexibility index (Phi) is 2.82. The summed E-state index contributed by atoms with van der Waals surface area (Å²) in [5.74, 6) is 0.827. The molecule has 0 aliphatic rings. The van der Waals surface area contributed by atoms with Crippen molar-refractivity contribution in [3.05, 3.63) is 54.9 Å². The first-order valence-electron chi connectivity index (χ1n) is 7.13. The second-order valence-electron chi connectivity index (χ2n) is 5.47. The van der Waals surface area contributed by atoms with Crippen LogP contribution in [0.1, 0.15) is 0 Å². The van der Waals surface area contributed by atoms with Gasteiger partial charge in [0.15, 0.2) is 5.58 Å². The summed E-state index contributed by atoms with van der Waals surface area (Å²) < 4.78 is 6.10. The lowest BCUT2D eigenvalue weighted by Crippen LogP contribution is -2.07. The van der Waals surface area contributed by atoms with Crippen LogP contribution in [0.4, 0.5) is 5.69 Å². The number of benzene rings is 2. The third-order valence-corrected chi connectivity index (χ3v) is 3.82. The number of hydrogen-bond acceptors (Lipinski definition) is 4. The fraction of sp³-hybridized carbons (Fsp3) is 0.111. The molecule has 2 heterocycles. The highest BCUT2D eigenvalue weighted by atomic mass is 16.3. The minimum Gasteiger partial charge on any atom is -0.454 e. The normalized spacial score (nSPS) is 11.2. The predicted octanol–water partition coefficient (Wildman–Crippen LogP) is 4.11. The van der Waals surface area contributed by atoms with Crippen molar-refractivity contribution in [3.8, 4) is 11.3 Å². The Hall–Kier alpha value is -2.88. The zero-order chi connectivity index (χ0) is 15.1. The summed E-state index contributed by atoms with van der Waals surface area (Å²) in [6.07, 6.45) is 1.57. The molecule has 0 atom stereocenters.